The molecule has 3 aromatic heterocycles. The Labute approximate surface area is 318 Å². The summed E-state index contributed by atoms with van der Waals surface area (Å²) in [6.07, 6.45) is 13.6. The molecule has 0 aliphatic carbocycles. The molecular weight excluding hydrogens is 785 g/mol. The molecule has 8 rings (SSSR count). The van der Waals surface area contributed by atoms with Gasteiger partial charge in [-0.2, -0.15) is 35.5 Å². The number of para-hydroxylation sites is 2. The van der Waals surface area contributed by atoms with Gasteiger partial charge in [0.2, 0.25) is 16.9 Å². The number of pyridine rings is 2. The van der Waals surface area contributed by atoms with Gasteiger partial charge in [-0.05, 0) is 66.3 Å². The van der Waals surface area contributed by atoms with Crippen LogP contribution in [0.4, 0.5) is 26.3 Å². The largest absolute Gasteiger partial charge is 0.741 e. The fourth-order valence-corrected chi connectivity index (χ4v) is 7.09. The lowest BCUT2D eigenvalue weighted by atomic mass is 9.87. The maximum atomic E-state index is 10.7. The summed E-state index contributed by atoms with van der Waals surface area (Å²) in [5.74, 6) is 0. The number of fused-ring (bicyclic) bond motifs is 10. The lowest BCUT2D eigenvalue weighted by Gasteiger charge is -2.15. The number of nitrogens with zero attached hydrogens (tertiary/aromatic N) is 2. The summed E-state index contributed by atoms with van der Waals surface area (Å²) in [6.45, 7) is 4.25. The summed E-state index contributed by atoms with van der Waals surface area (Å²) in [4.78, 5) is 3.51. The van der Waals surface area contributed by atoms with Crippen LogP contribution in [0.25, 0.3) is 56.5 Å². The van der Waals surface area contributed by atoms with E-state index in [1.807, 2.05) is 0 Å². The molecule has 0 unspecified atom stereocenters. The van der Waals surface area contributed by atoms with Crippen molar-refractivity contribution in [1.82, 2.24) is 4.98 Å². The van der Waals surface area contributed by atoms with E-state index in [2.05, 4.69) is 124 Å². The molecule has 0 bridgehead atoms. The lowest BCUT2D eigenvalue weighted by Crippen LogP contribution is -2.38. The van der Waals surface area contributed by atoms with E-state index in [1.165, 1.54) is 72.1 Å². The molecule has 56 heavy (non-hydrogen) atoms. The van der Waals surface area contributed by atoms with E-state index >= 15 is 0 Å². The molecule has 0 fully saturated rings. The van der Waals surface area contributed by atoms with Gasteiger partial charge >= 0.3 is 11.0 Å². The first-order valence-electron chi connectivity index (χ1n) is 17.1. The molecule has 9 nitrogen and oxygen atoms in total. The Morgan fingerprint density at radius 2 is 1.30 bits per heavy atom. The molecule has 0 amide bonds. The Kier molecular flexibility index (Phi) is 11.2. The lowest BCUT2D eigenvalue weighted by molar-refractivity contribution is -0.686. The molecule has 2 aliphatic heterocycles. The molecule has 1 N–H and O–H groups in total. The highest BCUT2D eigenvalue weighted by atomic mass is 32.2. The number of hydrogen-bond acceptors (Lipinski definition) is 6. The molecule has 2 aliphatic rings. The van der Waals surface area contributed by atoms with Gasteiger partial charge in [0, 0.05) is 59.1 Å². The fraction of sp³-hybridized carbons (Fsp3) is 0.231. The number of benzene rings is 3. The van der Waals surface area contributed by atoms with Gasteiger partial charge in [0.05, 0.1) is 11.1 Å². The monoisotopic (exact) mass is 817 g/mol. The van der Waals surface area contributed by atoms with Crippen LogP contribution in [0.5, 0.6) is 0 Å². The van der Waals surface area contributed by atoms with E-state index < -0.39 is 31.3 Å². The van der Waals surface area contributed by atoms with Gasteiger partial charge in [-0.25, -0.2) is 16.8 Å². The Balaban J connectivity index is 0.000000281. The van der Waals surface area contributed by atoms with Crippen molar-refractivity contribution in [3.05, 3.63) is 119 Å². The van der Waals surface area contributed by atoms with Gasteiger partial charge in [0.25, 0.3) is 0 Å². The Morgan fingerprint density at radius 3 is 1.96 bits per heavy atom. The third-order valence-electron chi connectivity index (χ3n) is 9.53. The molecule has 3 aromatic carbocycles. The summed E-state index contributed by atoms with van der Waals surface area (Å²) in [5, 5.41) is 2.57. The van der Waals surface area contributed by atoms with Gasteiger partial charge in [0.1, 0.15) is 13.1 Å². The third-order valence-corrected chi connectivity index (χ3v) is 10.7. The number of aryl methyl sites for hydroxylation is 5. The first kappa shape index (κ1) is 40.6. The zero-order chi connectivity index (χ0) is 40.6. The maximum Gasteiger partial charge on any atom is 0.485 e. The first-order valence-corrected chi connectivity index (χ1v) is 20.0. The van der Waals surface area contributed by atoms with Crippen LogP contribution in [0.15, 0.2) is 91.3 Å². The second-order valence-corrected chi connectivity index (χ2v) is 15.9. The number of rotatable bonds is 2. The normalized spacial score (nSPS) is 14.3. The summed E-state index contributed by atoms with van der Waals surface area (Å²) >= 11 is 0. The smallest absolute Gasteiger partial charge is 0.485 e. The van der Waals surface area contributed by atoms with Crippen molar-refractivity contribution >= 4 is 54.2 Å². The second kappa shape index (κ2) is 15.4. The Bertz CT molecular complexity index is 2670. The zero-order valence-electron chi connectivity index (χ0n) is 29.5. The molecule has 0 saturated carbocycles. The quantitative estimate of drug-likeness (QED) is 0.0823. The number of aromatic amines is 1. The van der Waals surface area contributed by atoms with Gasteiger partial charge < -0.3 is 14.1 Å². The van der Waals surface area contributed by atoms with Gasteiger partial charge in [-0.3, -0.25) is 0 Å². The van der Waals surface area contributed by atoms with Crippen molar-refractivity contribution in [3.63, 3.8) is 0 Å². The second-order valence-electron chi connectivity index (χ2n) is 13.2. The highest BCUT2D eigenvalue weighted by Gasteiger charge is 2.38. The number of H-pyrrole nitrogens is 1. The van der Waals surface area contributed by atoms with Crippen LogP contribution >= 0.6 is 0 Å². The van der Waals surface area contributed by atoms with E-state index in [0.29, 0.717) is 0 Å². The van der Waals surface area contributed by atoms with Crippen molar-refractivity contribution in [1.29, 1.82) is 0 Å². The number of aromatic nitrogens is 3. The summed E-state index contributed by atoms with van der Waals surface area (Å²) in [5.41, 5.74) is 3.53. The van der Waals surface area contributed by atoms with Crippen molar-refractivity contribution in [2.75, 3.05) is 0 Å². The highest BCUT2D eigenvalue weighted by Crippen LogP contribution is 2.41. The van der Waals surface area contributed by atoms with Crippen molar-refractivity contribution < 1.29 is 61.4 Å². The summed E-state index contributed by atoms with van der Waals surface area (Å²) in [6, 6.07) is 29.4. The van der Waals surface area contributed by atoms with Gasteiger partial charge in [-0.1, -0.05) is 48.5 Å². The van der Waals surface area contributed by atoms with Crippen LogP contribution in [0.2, 0.25) is 0 Å². The number of alkyl halides is 6. The molecule has 294 valence electrons. The first-order chi connectivity index (χ1) is 26.3. The Morgan fingerprint density at radius 1 is 0.714 bits per heavy atom. The molecule has 0 radical (unpaired) electrons. The third kappa shape index (κ3) is 8.35. The summed E-state index contributed by atoms with van der Waals surface area (Å²) in [7, 11) is -12.2. The SMILES string of the molecule is Cc1cccc2c(/C=C/c3cc4ccccc4[n+]4c3-c3c(ccc5c3-c3cccc[n+]3CCC5)CCC4)c[nH]c12.O=S(=O)([O-])C(F)(F)F.O=S(=O)([O-])C(F)(F)F. The standard InChI is InChI=1S/C37H32N3.2CHF3O3S/c1-25-9-6-13-31-30(24-38-36(25)31)19-18-29-23-28-10-2-3-14-32(28)40-22-8-12-27-17-16-26-11-7-21-39-20-5-4-15-33(39)34(26)35(27)37(29)40;2*2-1(3,4)8(5,6)7/h2-6,9-10,13-20,23-24H,7-8,11-12,21-22H2,1H3;2*(H,5,6,7)/q+1;;/p-1. The van der Waals surface area contributed by atoms with Crippen molar-refractivity contribution in [3.8, 4) is 22.5 Å². The van der Waals surface area contributed by atoms with Crippen molar-refractivity contribution in [2.45, 2.75) is 56.7 Å². The number of halogens is 6. The van der Waals surface area contributed by atoms with Crippen LogP contribution < -0.4 is 9.13 Å². The van der Waals surface area contributed by atoms with Crippen molar-refractivity contribution in [2.24, 2.45) is 0 Å². The van der Waals surface area contributed by atoms with E-state index in [4.69, 9.17) is 25.9 Å². The fourth-order valence-electron chi connectivity index (χ4n) is 7.09. The van der Waals surface area contributed by atoms with Crippen LogP contribution in [-0.4, -0.2) is 41.9 Å². The van der Waals surface area contributed by atoms with E-state index in [-0.39, 0.29) is 0 Å². The Hall–Kier alpha value is -5.10. The average molecular weight is 818 g/mol. The zero-order valence-corrected chi connectivity index (χ0v) is 31.1. The van der Waals surface area contributed by atoms with Crippen LogP contribution in [0.1, 0.15) is 40.7 Å². The van der Waals surface area contributed by atoms with E-state index in [0.717, 1.165) is 38.8 Å². The van der Waals surface area contributed by atoms with E-state index in [9.17, 15) is 26.3 Å². The summed E-state index contributed by atoms with van der Waals surface area (Å²) < 4.78 is 123. The van der Waals surface area contributed by atoms with Gasteiger partial charge in [0.15, 0.2) is 26.4 Å². The number of hydrogen-bond donors (Lipinski definition) is 1. The number of nitrogens with one attached hydrogen (secondary N) is 1. The molecule has 0 atom stereocenters. The molecule has 0 spiro atoms. The molecule has 0 saturated heterocycles. The molecule has 6 aromatic rings. The van der Waals surface area contributed by atoms with Gasteiger partial charge in [-0.15, -0.1) is 0 Å². The molecule has 5 heterocycles. The minimum atomic E-state index is -6.09. The highest BCUT2D eigenvalue weighted by molar-refractivity contribution is 7.86. The predicted molar refractivity (Wildman–Crippen MR) is 195 cm³/mol. The minimum Gasteiger partial charge on any atom is -0.741 e. The maximum absolute atomic E-state index is 10.7. The van der Waals surface area contributed by atoms with Crippen LogP contribution in [0.3, 0.4) is 0 Å². The molecular formula is C39H33F6N3O6S2. The average Bonchev–Trinajstić information content (AvgIpc) is 3.31. The molecule has 17 heteroatoms. The minimum absolute atomic E-state index is 1.02. The van der Waals surface area contributed by atoms with Crippen LogP contribution in [-0.2, 0) is 46.2 Å². The topological polar surface area (TPSA) is 138 Å². The predicted octanol–water partition coefficient (Wildman–Crippen LogP) is 7.70. The van der Waals surface area contributed by atoms with E-state index in [1.54, 1.807) is 0 Å². The van der Waals surface area contributed by atoms with Crippen LogP contribution in [0, 0.1) is 6.92 Å².